The number of likely N-dealkylation sites (tertiary alicyclic amines) is 1. The van der Waals surface area contributed by atoms with E-state index < -0.39 is 0 Å². The Bertz CT molecular complexity index is 668. The Morgan fingerprint density at radius 3 is 2.47 bits per heavy atom. The van der Waals surface area contributed by atoms with E-state index in [9.17, 15) is 5.11 Å². The van der Waals surface area contributed by atoms with Crippen LogP contribution in [0.5, 0.6) is 0 Å². The van der Waals surface area contributed by atoms with Crippen molar-refractivity contribution < 1.29 is 5.11 Å². The molecule has 0 radical (unpaired) electrons. The van der Waals surface area contributed by atoms with Crippen LogP contribution in [0.25, 0.3) is 0 Å². The molecule has 0 bridgehead atoms. The molecular weight excluding hydrogens is 489 g/mol. The Morgan fingerprint density at radius 1 is 1.10 bits per heavy atom. The molecule has 2 aliphatic heterocycles. The number of piperidine rings is 1. The smallest absolute Gasteiger partial charge is 0.194 e. The van der Waals surface area contributed by atoms with Crippen LogP contribution in [0.2, 0.25) is 0 Å². The minimum absolute atomic E-state index is 0. The SMILES string of the molecule is CCNC(=NCCCN1CCC(O)CC1)N1CCN(c2cccc(C)c2C)CC1.I. The maximum absolute atomic E-state index is 9.63. The summed E-state index contributed by atoms with van der Waals surface area (Å²) in [5.41, 5.74) is 4.13. The molecule has 7 heteroatoms. The highest BCUT2D eigenvalue weighted by Crippen LogP contribution is 2.23. The summed E-state index contributed by atoms with van der Waals surface area (Å²) >= 11 is 0. The van der Waals surface area contributed by atoms with Gasteiger partial charge in [-0.05, 0) is 63.8 Å². The number of nitrogens with one attached hydrogen (secondary N) is 1. The summed E-state index contributed by atoms with van der Waals surface area (Å²) < 4.78 is 0. The molecule has 2 aliphatic rings. The third kappa shape index (κ3) is 6.99. The van der Waals surface area contributed by atoms with E-state index in [4.69, 9.17) is 4.99 Å². The highest BCUT2D eigenvalue weighted by molar-refractivity contribution is 14.0. The lowest BCUT2D eigenvalue weighted by Crippen LogP contribution is -2.52. The van der Waals surface area contributed by atoms with Crippen molar-refractivity contribution in [2.45, 2.75) is 46.1 Å². The topological polar surface area (TPSA) is 54.3 Å². The highest BCUT2D eigenvalue weighted by atomic mass is 127. The third-order valence-corrected chi connectivity index (χ3v) is 6.28. The molecule has 0 unspecified atom stereocenters. The number of hydrogen-bond donors (Lipinski definition) is 2. The summed E-state index contributed by atoms with van der Waals surface area (Å²) in [6.07, 6.45) is 2.81. The Hall–Kier alpha value is -1.06. The zero-order valence-electron chi connectivity index (χ0n) is 18.9. The average molecular weight is 530 g/mol. The maximum atomic E-state index is 9.63. The van der Waals surface area contributed by atoms with Crippen LogP contribution in [-0.4, -0.2) is 85.9 Å². The standard InChI is InChI=1S/C23H39N5O.HI/c1-4-24-23(25-11-6-12-26-13-9-21(29)10-14-26)28-17-15-27(16-18-28)22-8-5-7-19(2)20(22)3;/h5,7-8,21,29H,4,6,9-18H2,1-3H3,(H,24,25);1H. The lowest BCUT2D eigenvalue weighted by molar-refractivity contribution is 0.0824. The number of hydrogen-bond acceptors (Lipinski definition) is 4. The van der Waals surface area contributed by atoms with Gasteiger partial charge in [-0.15, -0.1) is 24.0 Å². The highest BCUT2D eigenvalue weighted by Gasteiger charge is 2.21. The fourth-order valence-electron chi connectivity index (χ4n) is 4.29. The normalized spacial score (nSPS) is 19.0. The van der Waals surface area contributed by atoms with Gasteiger partial charge in [0.2, 0.25) is 0 Å². The quantitative estimate of drug-likeness (QED) is 0.257. The zero-order valence-corrected chi connectivity index (χ0v) is 21.3. The van der Waals surface area contributed by atoms with E-state index in [1.807, 2.05) is 0 Å². The zero-order chi connectivity index (χ0) is 20.6. The van der Waals surface area contributed by atoms with Crippen molar-refractivity contribution in [3.05, 3.63) is 29.3 Å². The van der Waals surface area contributed by atoms with E-state index in [1.165, 1.54) is 16.8 Å². The largest absolute Gasteiger partial charge is 0.393 e. The van der Waals surface area contributed by atoms with E-state index in [0.717, 1.165) is 84.1 Å². The molecular formula is C23H40IN5O. The van der Waals surface area contributed by atoms with Crippen molar-refractivity contribution in [1.82, 2.24) is 15.1 Å². The number of anilines is 1. The molecule has 170 valence electrons. The van der Waals surface area contributed by atoms with E-state index >= 15 is 0 Å². The third-order valence-electron chi connectivity index (χ3n) is 6.28. The van der Waals surface area contributed by atoms with Gasteiger partial charge in [-0.25, -0.2) is 0 Å². The van der Waals surface area contributed by atoms with Gasteiger partial charge in [0, 0.05) is 58.0 Å². The fourth-order valence-corrected chi connectivity index (χ4v) is 4.29. The molecule has 1 aromatic carbocycles. The monoisotopic (exact) mass is 529 g/mol. The Balaban J connectivity index is 0.00000320. The van der Waals surface area contributed by atoms with E-state index in [1.54, 1.807) is 0 Å². The van der Waals surface area contributed by atoms with Gasteiger partial charge in [0.25, 0.3) is 0 Å². The molecule has 3 rings (SSSR count). The second-order valence-corrected chi connectivity index (χ2v) is 8.36. The number of aliphatic hydroxyl groups excluding tert-OH is 1. The van der Waals surface area contributed by atoms with Crippen LogP contribution in [0.4, 0.5) is 5.69 Å². The van der Waals surface area contributed by atoms with Crippen molar-refractivity contribution in [2.24, 2.45) is 4.99 Å². The van der Waals surface area contributed by atoms with Crippen LogP contribution < -0.4 is 10.2 Å². The first-order valence-electron chi connectivity index (χ1n) is 11.3. The predicted octanol–water partition coefficient (Wildman–Crippen LogP) is 2.86. The summed E-state index contributed by atoms with van der Waals surface area (Å²) in [6.45, 7) is 15.5. The summed E-state index contributed by atoms with van der Waals surface area (Å²) in [5.74, 6) is 1.06. The Labute approximate surface area is 199 Å². The number of piperazine rings is 1. The lowest BCUT2D eigenvalue weighted by Gasteiger charge is -2.38. The van der Waals surface area contributed by atoms with Crippen LogP contribution in [0, 0.1) is 13.8 Å². The first-order valence-corrected chi connectivity index (χ1v) is 11.3. The van der Waals surface area contributed by atoms with Gasteiger partial charge >= 0.3 is 0 Å². The van der Waals surface area contributed by atoms with Crippen LogP contribution in [0.15, 0.2) is 23.2 Å². The van der Waals surface area contributed by atoms with E-state index in [-0.39, 0.29) is 30.1 Å². The molecule has 0 amide bonds. The minimum Gasteiger partial charge on any atom is -0.393 e. The number of guanidine groups is 1. The van der Waals surface area contributed by atoms with E-state index in [0.29, 0.717) is 0 Å². The molecule has 30 heavy (non-hydrogen) atoms. The lowest BCUT2D eigenvalue weighted by atomic mass is 10.1. The molecule has 1 aromatic rings. The van der Waals surface area contributed by atoms with Gasteiger partial charge < -0.3 is 25.1 Å². The van der Waals surface area contributed by atoms with Crippen LogP contribution in [-0.2, 0) is 0 Å². The summed E-state index contributed by atoms with van der Waals surface area (Å²) in [5, 5.41) is 13.1. The molecule has 0 saturated carbocycles. The number of rotatable bonds is 6. The number of halogens is 1. The molecule has 0 aliphatic carbocycles. The summed E-state index contributed by atoms with van der Waals surface area (Å²) in [7, 11) is 0. The molecule has 2 saturated heterocycles. The van der Waals surface area contributed by atoms with Crippen LogP contribution in [0.1, 0.15) is 37.3 Å². The van der Waals surface area contributed by atoms with Crippen molar-refractivity contribution >= 4 is 35.6 Å². The molecule has 2 N–H and O–H groups in total. The first-order chi connectivity index (χ1) is 14.1. The molecule has 0 spiro atoms. The van der Waals surface area contributed by atoms with Crippen molar-refractivity contribution in [2.75, 3.05) is 63.8 Å². The van der Waals surface area contributed by atoms with Gasteiger partial charge in [0.1, 0.15) is 0 Å². The number of benzene rings is 1. The number of aliphatic imine (C=N–C) groups is 1. The van der Waals surface area contributed by atoms with Gasteiger partial charge in [0.05, 0.1) is 6.10 Å². The number of nitrogens with zero attached hydrogens (tertiary/aromatic N) is 4. The van der Waals surface area contributed by atoms with Crippen molar-refractivity contribution in [3.63, 3.8) is 0 Å². The summed E-state index contributed by atoms with van der Waals surface area (Å²) in [4.78, 5) is 12.3. The van der Waals surface area contributed by atoms with Gasteiger partial charge in [-0.3, -0.25) is 4.99 Å². The van der Waals surface area contributed by atoms with Gasteiger partial charge in [0.15, 0.2) is 5.96 Å². The first kappa shape index (κ1) is 25.2. The maximum Gasteiger partial charge on any atom is 0.194 e. The molecule has 2 heterocycles. The van der Waals surface area contributed by atoms with Gasteiger partial charge in [-0.1, -0.05) is 12.1 Å². The molecule has 0 atom stereocenters. The summed E-state index contributed by atoms with van der Waals surface area (Å²) in [6, 6.07) is 6.60. The second kappa shape index (κ2) is 12.7. The Kier molecular flexibility index (Phi) is 10.7. The van der Waals surface area contributed by atoms with E-state index in [2.05, 4.69) is 59.0 Å². The Morgan fingerprint density at radius 2 is 1.80 bits per heavy atom. The predicted molar refractivity (Wildman–Crippen MR) is 137 cm³/mol. The van der Waals surface area contributed by atoms with Crippen molar-refractivity contribution in [1.29, 1.82) is 0 Å². The molecule has 6 nitrogen and oxygen atoms in total. The molecule has 2 fully saturated rings. The minimum atomic E-state index is -0.0908. The molecule has 0 aromatic heterocycles. The van der Waals surface area contributed by atoms with Crippen molar-refractivity contribution in [3.8, 4) is 0 Å². The van der Waals surface area contributed by atoms with Gasteiger partial charge in [-0.2, -0.15) is 0 Å². The number of aryl methyl sites for hydroxylation is 1. The van der Waals surface area contributed by atoms with Crippen LogP contribution >= 0.6 is 24.0 Å². The average Bonchev–Trinajstić information content (AvgIpc) is 2.74. The number of aliphatic hydroxyl groups is 1. The second-order valence-electron chi connectivity index (χ2n) is 8.36. The van der Waals surface area contributed by atoms with Crippen LogP contribution in [0.3, 0.4) is 0 Å². The fraction of sp³-hybridized carbons (Fsp3) is 0.696.